The number of ether oxygens (including phenoxy) is 1. The molecule has 0 N–H and O–H groups in total. The summed E-state index contributed by atoms with van der Waals surface area (Å²) in [6.07, 6.45) is 3.32. The highest BCUT2D eigenvalue weighted by atomic mass is 35.5. The lowest BCUT2D eigenvalue weighted by molar-refractivity contribution is 0.0979. The van der Waals surface area contributed by atoms with E-state index >= 15 is 0 Å². The van der Waals surface area contributed by atoms with Crippen LogP contribution in [-0.4, -0.2) is 28.7 Å². The summed E-state index contributed by atoms with van der Waals surface area (Å²) >= 11 is 7.61. The Balaban J connectivity index is 1.99. The van der Waals surface area contributed by atoms with Crippen LogP contribution in [0.1, 0.15) is 23.0 Å². The van der Waals surface area contributed by atoms with Crippen molar-refractivity contribution in [2.24, 2.45) is 0 Å². The van der Waals surface area contributed by atoms with E-state index in [1.165, 1.54) is 18.0 Å². The Hall–Kier alpha value is -2.57. The third-order valence-electron chi connectivity index (χ3n) is 4.00. The molecule has 2 aromatic carbocycles. The number of carbonyl (C=O) groups excluding carboxylic acids is 1. The molecule has 28 heavy (non-hydrogen) atoms. The molecule has 3 rings (SSSR count). The van der Waals surface area contributed by atoms with Crippen molar-refractivity contribution in [3.63, 3.8) is 0 Å². The summed E-state index contributed by atoms with van der Waals surface area (Å²) in [7, 11) is 0. The number of rotatable bonds is 7. The van der Waals surface area contributed by atoms with Crippen LogP contribution in [0.3, 0.4) is 0 Å². The second-order valence-corrected chi connectivity index (χ2v) is 7.04. The van der Waals surface area contributed by atoms with E-state index in [1.54, 1.807) is 4.90 Å². The molecule has 0 bridgehead atoms. The van der Waals surface area contributed by atoms with Gasteiger partial charge in [-0.2, -0.15) is 0 Å². The van der Waals surface area contributed by atoms with Crippen LogP contribution in [-0.2, 0) is 6.54 Å². The molecule has 1 aromatic heterocycles. The minimum Gasteiger partial charge on any atom is -0.494 e. The topological polar surface area (TPSA) is 55.3 Å². The van der Waals surface area contributed by atoms with Crippen molar-refractivity contribution < 1.29 is 9.53 Å². The number of halogens is 1. The van der Waals surface area contributed by atoms with Gasteiger partial charge in [0.1, 0.15) is 5.75 Å². The third kappa shape index (κ3) is 4.82. The number of nitrogens with zero attached hydrogens (tertiary/aromatic N) is 3. The van der Waals surface area contributed by atoms with Crippen LogP contribution in [0.2, 0.25) is 5.02 Å². The maximum atomic E-state index is 13.4. The van der Waals surface area contributed by atoms with Gasteiger partial charge in [0.2, 0.25) is 0 Å². The van der Waals surface area contributed by atoms with Crippen LogP contribution >= 0.6 is 23.4 Å². The largest absolute Gasteiger partial charge is 0.494 e. The number of amides is 1. The predicted molar refractivity (Wildman–Crippen MR) is 113 cm³/mol. The zero-order valence-corrected chi connectivity index (χ0v) is 17.2. The number of anilines is 1. The minimum absolute atomic E-state index is 0.186. The fourth-order valence-corrected chi connectivity index (χ4v) is 3.17. The second-order valence-electron chi connectivity index (χ2n) is 5.86. The first-order valence-corrected chi connectivity index (χ1v) is 10.4. The molecule has 0 saturated carbocycles. The molecule has 0 spiro atoms. The molecule has 0 unspecified atom stereocenters. The van der Waals surface area contributed by atoms with Gasteiger partial charge in [0.05, 0.1) is 24.4 Å². The molecule has 1 heterocycles. The van der Waals surface area contributed by atoms with Crippen LogP contribution in [0.5, 0.6) is 5.75 Å². The summed E-state index contributed by atoms with van der Waals surface area (Å²) in [5.74, 6) is 0.471. The molecular weight excluding hydrogens is 394 g/mol. The van der Waals surface area contributed by atoms with E-state index < -0.39 is 0 Å². The minimum atomic E-state index is -0.282. The Kier molecular flexibility index (Phi) is 6.90. The molecule has 5 nitrogen and oxygen atoms in total. The van der Waals surface area contributed by atoms with Crippen LogP contribution < -0.4 is 9.64 Å². The molecule has 0 aliphatic rings. The van der Waals surface area contributed by atoms with Gasteiger partial charge in [-0.15, -0.1) is 0 Å². The molecule has 0 saturated heterocycles. The van der Waals surface area contributed by atoms with E-state index in [1.807, 2.05) is 67.8 Å². The fraction of sp³-hybridized carbons (Fsp3) is 0.190. The zero-order valence-electron chi connectivity index (χ0n) is 15.6. The van der Waals surface area contributed by atoms with Crippen LogP contribution in [0, 0.1) is 0 Å². The van der Waals surface area contributed by atoms with E-state index in [9.17, 15) is 4.79 Å². The quantitative estimate of drug-likeness (QED) is 0.398. The van der Waals surface area contributed by atoms with Gasteiger partial charge in [0.25, 0.3) is 5.91 Å². The summed E-state index contributed by atoms with van der Waals surface area (Å²) in [5, 5.41) is 0.728. The van der Waals surface area contributed by atoms with Gasteiger partial charge in [0.15, 0.2) is 10.9 Å². The van der Waals surface area contributed by atoms with Crippen molar-refractivity contribution in [2.75, 3.05) is 17.8 Å². The lowest BCUT2D eigenvalue weighted by Crippen LogP contribution is -2.31. The molecule has 0 fully saturated rings. The summed E-state index contributed by atoms with van der Waals surface area (Å²) in [4.78, 5) is 23.5. The molecule has 7 heteroatoms. The number of aromatic nitrogens is 2. The van der Waals surface area contributed by atoms with Gasteiger partial charge < -0.3 is 9.64 Å². The van der Waals surface area contributed by atoms with E-state index in [2.05, 4.69) is 9.97 Å². The van der Waals surface area contributed by atoms with Crippen molar-refractivity contribution in [1.29, 1.82) is 0 Å². The fourth-order valence-electron chi connectivity index (χ4n) is 2.66. The van der Waals surface area contributed by atoms with Crippen molar-refractivity contribution in [3.8, 4) is 5.75 Å². The first-order valence-electron chi connectivity index (χ1n) is 8.77. The van der Waals surface area contributed by atoms with Gasteiger partial charge in [-0.05, 0) is 43.0 Å². The zero-order chi connectivity index (χ0) is 19.9. The number of hydrogen-bond acceptors (Lipinski definition) is 5. The van der Waals surface area contributed by atoms with Crippen molar-refractivity contribution in [3.05, 3.63) is 77.1 Å². The Bertz CT molecular complexity index is 936. The van der Waals surface area contributed by atoms with E-state index in [0.29, 0.717) is 18.3 Å². The smallest absolute Gasteiger partial charge is 0.278 e. The maximum absolute atomic E-state index is 13.4. The van der Waals surface area contributed by atoms with Crippen LogP contribution in [0.25, 0.3) is 0 Å². The predicted octanol–water partition coefficient (Wildman–Crippen LogP) is 5.10. The Labute approximate surface area is 173 Å². The molecular formula is C21H20ClN3O2S. The Morgan fingerprint density at radius 2 is 1.86 bits per heavy atom. The van der Waals surface area contributed by atoms with Crippen LogP contribution in [0.15, 0.2) is 66.0 Å². The van der Waals surface area contributed by atoms with E-state index in [-0.39, 0.29) is 16.6 Å². The van der Waals surface area contributed by atoms with Gasteiger partial charge in [-0.1, -0.05) is 53.7 Å². The lowest BCUT2D eigenvalue weighted by atomic mass is 10.1. The number of carbonyl (C=O) groups is 1. The summed E-state index contributed by atoms with van der Waals surface area (Å²) in [6.45, 7) is 2.90. The van der Waals surface area contributed by atoms with Crippen molar-refractivity contribution >= 4 is 35.0 Å². The SMILES string of the molecule is CCOc1ccc(N(Cc2ccccc2)C(=O)c2nc(SC)ncc2Cl)cc1. The highest BCUT2D eigenvalue weighted by Crippen LogP contribution is 2.25. The second kappa shape index (κ2) is 9.57. The molecule has 0 aliphatic carbocycles. The van der Waals surface area contributed by atoms with Gasteiger partial charge >= 0.3 is 0 Å². The normalized spacial score (nSPS) is 10.5. The van der Waals surface area contributed by atoms with Gasteiger partial charge in [-0.25, -0.2) is 9.97 Å². The standard InChI is InChI=1S/C21H20ClN3O2S/c1-3-27-17-11-9-16(10-12-17)25(14-15-7-5-4-6-8-15)20(26)19-18(22)13-23-21(24-19)28-2/h4-13H,3,14H2,1-2H3. The average molecular weight is 414 g/mol. The van der Waals surface area contributed by atoms with Gasteiger partial charge in [0, 0.05) is 5.69 Å². The summed E-state index contributed by atoms with van der Waals surface area (Å²) < 4.78 is 5.51. The summed E-state index contributed by atoms with van der Waals surface area (Å²) in [5.41, 5.74) is 1.92. The Morgan fingerprint density at radius 3 is 2.50 bits per heavy atom. The highest BCUT2D eigenvalue weighted by Gasteiger charge is 2.23. The van der Waals surface area contributed by atoms with Crippen molar-refractivity contribution in [2.45, 2.75) is 18.6 Å². The van der Waals surface area contributed by atoms with Crippen LogP contribution in [0.4, 0.5) is 5.69 Å². The number of benzene rings is 2. The summed E-state index contributed by atoms with van der Waals surface area (Å²) in [6, 6.07) is 17.2. The lowest BCUT2D eigenvalue weighted by Gasteiger charge is -2.23. The first kappa shape index (κ1) is 20.2. The highest BCUT2D eigenvalue weighted by molar-refractivity contribution is 7.98. The Morgan fingerprint density at radius 1 is 1.14 bits per heavy atom. The van der Waals surface area contributed by atoms with Gasteiger partial charge in [-0.3, -0.25) is 4.79 Å². The monoisotopic (exact) mass is 413 g/mol. The molecule has 0 aliphatic heterocycles. The number of thioether (sulfide) groups is 1. The van der Waals surface area contributed by atoms with E-state index in [4.69, 9.17) is 16.3 Å². The number of hydrogen-bond donors (Lipinski definition) is 0. The third-order valence-corrected chi connectivity index (χ3v) is 4.83. The molecule has 0 atom stereocenters. The molecule has 1 amide bonds. The first-order chi connectivity index (χ1) is 13.6. The average Bonchev–Trinajstić information content (AvgIpc) is 2.74. The molecule has 144 valence electrons. The van der Waals surface area contributed by atoms with E-state index in [0.717, 1.165) is 17.0 Å². The molecule has 3 aromatic rings. The molecule has 0 radical (unpaired) electrons. The van der Waals surface area contributed by atoms with Crippen molar-refractivity contribution in [1.82, 2.24) is 9.97 Å². The maximum Gasteiger partial charge on any atom is 0.278 e.